The minimum atomic E-state index is -0.824. The molecule has 0 aliphatic heterocycles. The SMILES string of the molecule is CC(C)NCCC(=O)N(C)CC(C)(C)O. The number of aliphatic hydroxyl groups is 1. The highest BCUT2D eigenvalue weighted by Gasteiger charge is 2.18. The summed E-state index contributed by atoms with van der Waals surface area (Å²) >= 11 is 0. The lowest BCUT2D eigenvalue weighted by Crippen LogP contribution is -2.40. The minimum absolute atomic E-state index is 0.0604. The third kappa shape index (κ3) is 8.39. The van der Waals surface area contributed by atoms with E-state index in [1.54, 1.807) is 25.8 Å². The highest BCUT2D eigenvalue weighted by atomic mass is 16.3. The van der Waals surface area contributed by atoms with Crippen molar-refractivity contribution in [1.82, 2.24) is 10.2 Å². The maximum absolute atomic E-state index is 11.6. The molecule has 0 fully saturated rings. The highest BCUT2D eigenvalue weighted by molar-refractivity contribution is 5.76. The molecule has 0 rings (SSSR count). The summed E-state index contributed by atoms with van der Waals surface area (Å²) in [5.74, 6) is 0.0604. The van der Waals surface area contributed by atoms with Crippen LogP contribution in [0.4, 0.5) is 0 Å². The van der Waals surface area contributed by atoms with E-state index < -0.39 is 5.60 Å². The highest BCUT2D eigenvalue weighted by Crippen LogP contribution is 2.04. The number of hydrogen-bond acceptors (Lipinski definition) is 3. The summed E-state index contributed by atoms with van der Waals surface area (Å²) in [7, 11) is 1.72. The molecule has 0 unspecified atom stereocenters. The average molecular weight is 216 g/mol. The zero-order valence-electron chi connectivity index (χ0n) is 10.5. The molecule has 0 aliphatic rings. The summed E-state index contributed by atoms with van der Waals surface area (Å²) < 4.78 is 0. The number of carbonyl (C=O) groups excluding carboxylic acids is 1. The first-order valence-corrected chi connectivity index (χ1v) is 5.42. The van der Waals surface area contributed by atoms with Crippen LogP contribution < -0.4 is 5.32 Å². The first-order valence-electron chi connectivity index (χ1n) is 5.42. The van der Waals surface area contributed by atoms with E-state index in [1.165, 1.54) is 0 Å². The molecule has 0 aliphatic carbocycles. The molecule has 4 nitrogen and oxygen atoms in total. The average Bonchev–Trinajstić information content (AvgIpc) is 1.99. The fourth-order valence-electron chi connectivity index (χ4n) is 1.33. The van der Waals surface area contributed by atoms with Crippen molar-refractivity contribution in [2.24, 2.45) is 0 Å². The van der Waals surface area contributed by atoms with Crippen LogP contribution in [-0.2, 0) is 4.79 Å². The summed E-state index contributed by atoms with van der Waals surface area (Å²) in [5.41, 5.74) is -0.824. The third-order valence-electron chi connectivity index (χ3n) is 1.94. The van der Waals surface area contributed by atoms with Crippen LogP contribution in [0.15, 0.2) is 0 Å². The van der Waals surface area contributed by atoms with Gasteiger partial charge in [-0.25, -0.2) is 0 Å². The van der Waals surface area contributed by atoms with Crippen LogP contribution in [0.25, 0.3) is 0 Å². The van der Waals surface area contributed by atoms with Crippen LogP contribution in [0.1, 0.15) is 34.1 Å². The molecule has 0 heterocycles. The van der Waals surface area contributed by atoms with Crippen molar-refractivity contribution >= 4 is 5.91 Å². The Morgan fingerprint density at radius 3 is 2.40 bits per heavy atom. The van der Waals surface area contributed by atoms with Gasteiger partial charge < -0.3 is 15.3 Å². The van der Waals surface area contributed by atoms with Crippen molar-refractivity contribution < 1.29 is 9.90 Å². The third-order valence-corrected chi connectivity index (χ3v) is 1.94. The van der Waals surface area contributed by atoms with Crippen molar-refractivity contribution in [1.29, 1.82) is 0 Å². The molecule has 2 N–H and O–H groups in total. The molecule has 0 atom stereocenters. The lowest BCUT2D eigenvalue weighted by atomic mass is 10.1. The quantitative estimate of drug-likeness (QED) is 0.684. The number of nitrogens with one attached hydrogen (secondary N) is 1. The molecule has 0 aromatic carbocycles. The van der Waals surface area contributed by atoms with E-state index in [0.29, 0.717) is 25.6 Å². The van der Waals surface area contributed by atoms with Gasteiger partial charge in [0.1, 0.15) is 0 Å². The monoisotopic (exact) mass is 216 g/mol. The van der Waals surface area contributed by atoms with Crippen molar-refractivity contribution in [3.8, 4) is 0 Å². The molecule has 0 radical (unpaired) electrons. The van der Waals surface area contributed by atoms with Gasteiger partial charge in [-0.15, -0.1) is 0 Å². The summed E-state index contributed by atoms with van der Waals surface area (Å²) in [6.45, 7) is 8.54. The molecule has 90 valence electrons. The predicted octanol–water partition coefficient (Wildman–Crippen LogP) is 0.604. The van der Waals surface area contributed by atoms with Gasteiger partial charge in [0.25, 0.3) is 0 Å². The molecule has 0 bridgehead atoms. The second-order valence-electron chi connectivity index (χ2n) is 4.92. The molecule has 4 heteroatoms. The largest absolute Gasteiger partial charge is 0.389 e. The van der Waals surface area contributed by atoms with Crippen molar-refractivity contribution in [2.45, 2.75) is 45.8 Å². The fraction of sp³-hybridized carbons (Fsp3) is 0.909. The molecular formula is C11H24N2O2. The predicted molar refractivity (Wildman–Crippen MR) is 61.7 cm³/mol. The Hall–Kier alpha value is -0.610. The Morgan fingerprint density at radius 2 is 2.00 bits per heavy atom. The lowest BCUT2D eigenvalue weighted by molar-refractivity contribution is -0.132. The number of hydrogen-bond donors (Lipinski definition) is 2. The minimum Gasteiger partial charge on any atom is -0.389 e. The second-order valence-corrected chi connectivity index (χ2v) is 4.92. The molecular weight excluding hydrogens is 192 g/mol. The number of likely N-dealkylation sites (N-methyl/N-ethyl adjacent to an activating group) is 1. The molecule has 0 aromatic heterocycles. The number of amides is 1. The van der Waals surface area contributed by atoms with Crippen LogP contribution in [0.3, 0.4) is 0 Å². The van der Waals surface area contributed by atoms with Gasteiger partial charge in [-0.3, -0.25) is 4.79 Å². The van der Waals surface area contributed by atoms with Gasteiger partial charge in [0, 0.05) is 32.6 Å². The van der Waals surface area contributed by atoms with Gasteiger partial charge in [0.05, 0.1) is 5.60 Å². The maximum atomic E-state index is 11.6. The van der Waals surface area contributed by atoms with E-state index in [4.69, 9.17) is 0 Å². The number of nitrogens with zero attached hydrogens (tertiary/aromatic N) is 1. The first kappa shape index (κ1) is 14.4. The summed E-state index contributed by atoms with van der Waals surface area (Å²) in [6.07, 6.45) is 0.477. The van der Waals surface area contributed by atoms with Crippen LogP contribution >= 0.6 is 0 Å². The van der Waals surface area contributed by atoms with Gasteiger partial charge in [-0.1, -0.05) is 13.8 Å². The summed E-state index contributed by atoms with van der Waals surface area (Å²) in [5, 5.41) is 12.7. The summed E-state index contributed by atoms with van der Waals surface area (Å²) in [4.78, 5) is 13.1. The van der Waals surface area contributed by atoms with Gasteiger partial charge in [0.2, 0.25) is 5.91 Å². The van der Waals surface area contributed by atoms with E-state index >= 15 is 0 Å². The van der Waals surface area contributed by atoms with Gasteiger partial charge in [-0.05, 0) is 13.8 Å². The molecule has 1 amide bonds. The second kappa shape index (κ2) is 6.08. The van der Waals surface area contributed by atoms with Gasteiger partial charge in [-0.2, -0.15) is 0 Å². The Kier molecular flexibility index (Phi) is 5.83. The van der Waals surface area contributed by atoms with Crippen molar-refractivity contribution in [3.05, 3.63) is 0 Å². The normalized spacial score (nSPS) is 11.9. The van der Waals surface area contributed by atoms with Crippen LogP contribution in [0, 0.1) is 0 Å². The Morgan fingerprint density at radius 1 is 1.47 bits per heavy atom. The van der Waals surface area contributed by atoms with Gasteiger partial charge in [0.15, 0.2) is 0 Å². The number of rotatable bonds is 6. The van der Waals surface area contributed by atoms with E-state index in [9.17, 15) is 9.90 Å². The Bertz CT molecular complexity index is 197. The van der Waals surface area contributed by atoms with Gasteiger partial charge >= 0.3 is 0 Å². The Labute approximate surface area is 92.7 Å². The van der Waals surface area contributed by atoms with Crippen LogP contribution in [-0.4, -0.2) is 47.7 Å². The molecule has 0 saturated heterocycles. The molecule has 0 spiro atoms. The first-order chi connectivity index (χ1) is 6.72. The molecule has 15 heavy (non-hydrogen) atoms. The van der Waals surface area contributed by atoms with E-state index in [1.807, 2.05) is 13.8 Å². The van der Waals surface area contributed by atoms with Crippen LogP contribution in [0.5, 0.6) is 0 Å². The lowest BCUT2D eigenvalue weighted by Gasteiger charge is -2.25. The Balaban J connectivity index is 3.80. The molecule has 0 aromatic rings. The zero-order chi connectivity index (χ0) is 12.1. The van der Waals surface area contributed by atoms with Crippen LogP contribution in [0.2, 0.25) is 0 Å². The van der Waals surface area contributed by atoms with E-state index in [0.717, 1.165) is 0 Å². The fourth-order valence-corrected chi connectivity index (χ4v) is 1.33. The zero-order valence-corrected chi connectivity index (χ0v) is 10.5. The number of carbonyl (C=O) groups is 1. The van der Waals surface area contributed by atoms with Crippen molar-refractivity contribution in [2.75, 3.05) is 20.1 Å². The van der Waals surface area contributed by atoms with Crippen molar-refractivity contribution in [3.63, 3.8) is 0 Å². The maximum Gasteiger partial charge on any atom is 0.223 e. The standard InChI is InChI=1S/C11H24N2O2/c1-9(2)12-7-6-10(14)13(5)8-11(3,4)15/h9,12,15H,6-8H2,1-5H3. The van der Waals surface area contributed by atoms with E-state index in [-0.39, 0.29) is 5.91 Å². The summed E-state index contributed by atoms with van der Waals surface area (Å²) in [6, 6.07) is 0.400. The smallest absolute Gasteiger partial charge is 0.223 e. The van der Waals surface area contributed by atoms with E-state index in [2.05, 4.69) is 5.32 Å². The topological polar surface area (TPSA) is 52.6 Å². The molecule has 0 saturated carbocycles.